The molecule has 2 aromatic rings. The highest BCUT2D eigenvalue weighted by molar-refractivity contribution is 7.89. The van der Waals surface area contributed by atoms with Crippen LogP contribution in [-0.2, 0) is 10.0 Å². The largest absolute Gasteiger partial charge is 0.504 e. The zero-order chi connectivity index (χ0) is 20.9. The fourth-order valence-corrected chi connectivity index (χ4v) is 4.42. The van der Waals surface area contributed by atoms with Gasteiger partial charge in [0.15, 0.2) is 11.5 Å². The second-order valence-electron chi connectivity index (χ2n) is 6.36. The van der Waals surface area contributed by atoms with Crippen LogP contribution < -0.4 is 4.74 Å². The Balaban J connectivity index is 2.49. The van der Waals surface area contributed by atoms with E-state index in [9.17, 15) is 13.5 Å². The maximum atomic E-state index is 12.9. The molecule has 6 nitrogen and oxygen atoms in total. The molecule has 0 saturated carbocycles. The Morgan fingerprint density at radius 3 is 2.43 bits per heavy atom. The Bertz CT molecular complexity index is 965. The van der Waals surface area contributed by atoms with Crippen LogP contribution >= 0.6 is 0 Å². The number of phenols is 1. The molecule has 0 fully saturated rings. The van der Waals surface area contributed by atoms with E-state index in [1.165, 1.54) is 10.5 Å². The lowest BCUT2D eigenvalue weighted by Gasteiger charge is -2.19. The molecule has 0 heterocycles. The minimum atomic E-state index is -3.58. The molecule has 0 aliphatic heterocycles. The molecule has 1 N–H and O–H groups in total. The number of para-hydroxylation sites is 1. The lowest BCUT2D eigenvalue weighted by molar-refractivity contribution is 0.318. The molecule has 0 amide bonds. The molecule has 2 aromatic carbocycles. The van der Waals surface area contributed by atoms with E-state index in [4.69, 9.17) is 4.74 Å². The molecule has 0 spiro atoms. The molecular weight excluding hydrogens is 376 g/mol. The standard InChI is InChI=1S/C21H28N2O4S/c1-6-23(7-2)28(25,26)18-12-15(4)16(5)19(13-18)22-14-17-10-9-11-20(21(17)24)27-8-3/h9-14,24H,6-8H2,1-5H3. The van der Waals surface area contributed by atoms with Gasteiger partial charge in [-0.1, -0.05) is 19.9 Å². The maximum absolute atomic E-state index is 12.9. The predicted molar refractivity (Wildman–Crippen MR) is 113 cm³/mol. The highest BCUT2D eigenvalue weighted by atomic mass is 32.2. The molecule has 0 aliphatic rings. The zero-order valence-corrected chi connectivity index (χ0v) is 17.9. The fraction of sp³-hybridized carbons (Fsp3) is 0.381. The van der Waals surface area contributed by atoms with E-state index in [2.05, 4.69) is 4.99 Å². The minimum Gasteiger partial charge on any atom is -0.504 e. The maximum Gasteiger partial charge on any atom is 0.243 e. The van der Waals surface area contributed by atoms with Gasteiger partial charge < -0.3 is 9.84 Å². The van der Waals surface area contributed by atoms with Gasteiger partial charge in [-0.2, -0.15) is 4.31 Å². The molecule has 0 aliphatic carbocycles. The Morgan fingerprint density at radius 2 is 1.82 bits per heavy atom. The Labute approximate surface area is 167 Å². The molecular formula is C21H28N2O4S. The Kier molecular flexibility index (Phi) is 7.21. The number of hydrogen-bond acceptors (Lipinski definition) is 5. The summed E-state index contributed by atoms with van der Waals surface area (Å²) in [6, 6.07) is 8.43. The van der Waals surface area contributed by atoms with Crippen LogP contribution in [-0.4, -0.2) is 43.7 Å². The van der Waals surface area contributed by atoms with Gasteiger partial charge in [0.05, 0.1) is 17.2 Å². The van der Waals surface area contributed by atoms with Gasteiger partial charge in [-0.15, -0.1) is 0 Å². The normalized spacial score (nSPS) is 12.1. The summed E-state index contributed by atoms with van der Waals surface area (Å²) in [5.41, 5.74) is 2.77. The molecule has 0 saturated heterocycles. The molecule has 2 rings (SSSR count). The number of rotatable bonds is 8. The second-order valence-corrected chi connectivity index (χ2v) is 8.30. The molecule has 152 valence electrons. The second kappa shape index (κ2) is 9.21. The predicted octanol–water partition coefficient (Wildman–Crippen LogP) is 4.19. The quantitative estimate of drug-likeness (QED) is 0.669. The van der Waals surface area contributed by atoms with E-state index < -0.39 is 10.0 Å². The van der Waals surface area contributed by atoms with Crippen molar-refractivity contribution < 1.29 is 18.3 Å². The Hall–Kier alpha value is -2.38. The number of ether oxygens (including phenoxy) is 1. The highest BCUT2D eigenvalue weighted by Gasteiger charge is 2.23. The molecule has 0 bridgehead atoms. The number of hydrogen-bond donors (Lipinski definition) is 1. The molecule has 0 atom stereocenters. The van der Waals surface area contributed by atoms with Crippen LogP contribution in [0, 0.1) is 13.8 Å². The van der Waals surface area contributed by atoms with Crippen LogP contribution in [0.4, 0.5) is 5.69 Å². The van der Waals surface area contributed by atoms with Crippen molar-refractivity contribution in [2.45, 2.75) is 39.5 Å². The van der Waals surface area contributed by atoms with Gasteiger partial charge in [-0.05, 0) is 56.2 Å². The third-order valence-electron chi connectivity index (χ3n) is 4.63. The van der Waals surface area contributed by atoms with Crippen LogP contribution in [0.5, 0.6) is 11.5 Å². The smallest absolute Gasteiger partial charge is 0.243 e. The van der Waals surface area contributed by atoms with Crippen molar-refractivity contribution in [1.29, 1.82) is 0 Å². The third kappa shape index (κ3) is 4.54. The molecule has 28 heavy (non-hydrogen) atoms. The monoisotopic (exact) mass is 404 g/mol. The van der Waals surface area contributed by atoms with Crippen molar-refractivity contribution in [3.05, 3.63) is 47.0 Å². The fourth-order valence-electron chi connectivity index (χ4n) is 2.86. The van der Waals surface area contributed by atoms with Crippen LogP contribution in [0.1, 0.15) is 37.5 Å². The van der Waals surface area contributed by atoms with Crippen molar-refractivity contribution in [3.8, 4) is 11.5 Å². The topological polar surface area (TPSA) is 79.2 Å². The summed E-state index contributed by atoms with van der Waals surface area (Å²) in [7, 11) is -3.58. The van der Waals surface area contributed by atoms with Crippen LogP contribution in [0.2, 0.25) is 0 Å². The minimum absolute atomic E-state index is 0.00870. The van der Waals surface area contributed by atoms with E-state index >= 15 is 0 Å². The van der Waals surface area contributed by atoms with Gasteiger partial charge in [0.2, 0.25) is 10.0 Å². The van der Waals surface area contributed by atoms with Crippen molar-refractivity contribution in [2.75, 3.05) is 19.7 Å². The van der Waals surface area contributed by atoms with Crippen molar-refractivity contribution in [2.24, 2.45) is 4.99 Å². The summed E-state index contributed by atoms with van der Waals surface area (Å²) >= 11 is 0. The highest BCUT2D eigenvalue weighted by Crippen LogP contribution is 2.31. The summed E-state index contributed by atoms with van der Waals surface area (Å²) < 4.78 is 32.6. The summed E-state index contributed by atoms with van der Waals surface area (Å²) in [5.74, 6) is 0.395. The summed E-state index contributed by atoms with van der Waals surface area (Å²) in [5, 5.41) is 10.3. The van der Waals surface area contributed by atoms with Gasteiger partial charge in [-0.25, -0.2) is 8.42 Å². The lowest BCUT2D eigenvalue weighted by atomic mass is 10.1. The summed E-state index contributed by atoms with van der Waals surface area (Å²) in [6.45, 7) is 10.5. The van der Waals surface area contributed by atoms with Gasteiger partial charge in [0.25, 0.3) is 0 Å². The number of phenolic OH excluding ortho intramolecular Hbond substituents is 1. The van der Waals surface area contributed by atoms with Gasteiger partial charge >= 0.3 is 0 Å². The van der Waals surface area contributed by atoms with Gasteiger partial charge in [0.1, 0.15) is 0 Å². The number of benzene rings is 2. The SMILES string of the molecule is CCOc1cccc(C=Nc2cc(S(=O)(=O)N(CC)CC)cc(C)c2C)c1O. The number of aryl methyl sites for hydroxylation is 1. The van der Waals surface area contributed by atoms with Crippen LogP contribution in [0.3, 0.4) is 0 Å². The van der Waals surface area contributed by atoms with Gasteiger partial charge in [-0.3, -0.25) is 4.99 Å². The van der Waals surface area contributed by atoms with E-state index in [1.807, 2.05) is 34.6 Å². The molecule has 0 aromatic heterocycles. The first-order chi connectivity index (χ1) is 13.3. The average molecular weight is 405 g/mol. The van der Waals surface area contributed by atoms with Crippen molar-refractivity contribution in [1.82, 2.24) is 4.31 Å². The summed E-state index contributed by atoms with van der Waals surface area (Å²) in [6.07, 6.45) is 1.52. The third-order valence-corrected chi connectivity index (χ3v) is 6.66. The van der Waals surface area contributed by atoms with E-state index in [-0.39, 0.29) is 10.6 Å². The first kappa shape index (κ1) is 21.9. The van der Waals surface area contributed by atoms with Crippen LogP contribution in [0.25, 0.3) is 0 Å². The van der Waals surface area contributed by atoms with Crippen molar-refractivity contribution >= 4 is 21.9 Å². The van der Waals surface area contributed by atoms with Crippen molar-refractivity contribution in [3.63, 3.8) is 0 Å². The number of sulfonamides is 1. The lowest BCUT2D eigenvalue weighted by Crippen LogP contribution is -2.30. The van der Waals surface area contributed by atoms with E-state index in [0.29, 0.717) is 36.7 Å². The zero-order valence-electron chi connectivity index (χ0n) is 17.1. The molecule has 0 radical (unpaired) electrons. The number of aliphatic imine (C=N–C) groups is 1. The first-order valence-electron chi connectivity index (χ1n) is 9.36. The average Bonchev–Trinajstić information content (AvgIpc) is 2.66. The van der Waals surface area contributed by atoms with E-state index in [0.717, 1.165) is 11.1 Å². The van der Waals surface area contributed by atoms with Crippen LogP contribution in [0.15, 0.2) is 40.2 Å². The number of aromatic hydroxyl groups is 1. The molecule has 7 heteroatoms. The summed E-state index contributed by atoms with van der Waals surface area (Å²) in [4.78, 5) is 4.68. The van der Waals surface area contributed by atoms with Gasteiger partial charge in [0, 0.05) is 24.9 Å². The first-order valence-corrected chi connectivity index (χ1v) is 10.8. The van der Waals surface area contributed by atoms with E-state index in [1.54, 1.807) is 30.3 Å². The molecule has 0 unspecified atom stereocenters. The Morgan fingerprint density at radius 1 is 1.14 bits per heavy atom. The number of nitrogens with zero attached hydrogens (tertiary/aromatic N) is 2.